The molecule has 1 saturated heterocycles. The largest absolute Gasteiger partial charge is 0.354 e. The number of aromatic nitrogens is 3. The maximum Gasteiger partial charge on any atom is 0.172 e. The van der Waals surface area contributed by atoms with Gasteiger partial charge in [-0.3, -0.25) is 4.99 Å². The Hall–Kier alpha value is -2.63. The number of piperazine rings is 1. The number of aliphatic imine (C=N–C) groups is 1. The second-order valence-electron chi connectivity index (χ2n) is 5.54. The quantitative estimate of drug-likeness (QED) is 0.902. The number of anilines is 1. The summed E-state index contributed by atoms with van der Waals surface area (Å²) in [5.74, 6) is 0.897. The lowest BCUT2D eigenvalue weighted by Crippen LogP contribution is -2.44. The molecule has 8 heteroatoms. The second-order valence-corrected chi connectivity index (χ2v) is 6.57. The van der Waals surface area contributed by atoms with E-state index in [1.54, 1.807) is 18.7 Å². The van der Waals surface area contributed by atoms with Gasteiger partial charge in [-0.15, -0.1) is 11.3 Å². The summed E-state index contributed by atoms with van der Waals surface area (Å²) in [6.07, 6.45) is 8.77. The third-order valence-electron chi connectivity index (χ3n) is 4.13. The lowest BCUT2D eigenvalue weighted by Gasteiger charge is -2.29. The molecular weight excluding hydrogens is 322 g/mol. The molecule has 7 nitrogen and oxygen atoms in total. The SMILES string of the molecule is N#Cc1cnc(C2(c3cc(N4CCNCC4)ncn3)C=CC=N2)s1. The van der Waals surface area contributed by atoms with Gasteiger partial charge in [-0.2, -0.15) is 5.26 Å². The van der Waals surface area contributed by atoms with Crippen LogP contribution in [0.25, 0.3) is 0 Å². The average Bonchev–Trinajstić information content (AvgIpc) is 3.32. The first-order valence-corrected chi connectivity index (χ1v) is 8.51. The van der Waals surface area contributed by atoms with Crippen LogP contribution in [0.1, 0.15) is 15.6 Å². The molecule has 0 aromatic carbocycles. The number of rotatable bonds is 3. The summed E-state index contributed by atoms with van der Waals surface area (Å²) in [6, 6.07) is 4.11. The summed E-state index contributed by atoms with van der Waals surface area (Å²) in [5.41, 5.74) is 0.0146. The third kappa shape index (κ3) is 2.48. The number of thiazole rings is 1. The first-order chi connectivity index (χ1) is 11.8. The highest BCUT2D eigenvalue weighted by atomic mass is 32.1. The summed E-state index contributed by atoms with van der Waals surface area (Å²) in [7, 11) is 0. The number of nitriles is 1. The first-order valence-electron chi connectivity index (χ1n) is 7.69. The van der Waals surface area contributed by atoms with E-state index in [-0.39, 0.29) is 0 Å². The van der Waals surface area contributed by atoms with Gasteiger partial charge in [-0.1, -0.05) is 0 Å². The number of nitrogens with one attached hydrogen (secondary N) is 1. The van der Waals surface area contributed by atoms with Crippen molar-refractivity contribution in [3.63, 3.8) is 0 Å². The molecule has 2 aliphatic rings. The van der Waals surface area contributed by atoms with E-state index in [1.165, 1.54) is 11.3 Å². The molecule has 0 saturated carbocycles. The van der Waals surface area contributed by atoms with Gasteiger partial charge in [0.2, 0.25) is 0 Å². The summed E-state index contributed by atoms with van der Waals surface area (Å²) in [4.78, 5) is 20.7. The number of hydrogen-bond donors (Lipinski definition) is 1. The van der Waals surface area contributed by atoms with Gasteiger partial charge in [0.15, 0.2) is 5.54 Å². The van der Waals surface area contributed by atoms with Crippen molar-refractivity contribution in [3.8, 4) is 6.07 Å². The zero-order valence-corrected chi connectivity index (χ0v) is 13.7. The van der Waals surface area contributed by atoms with Crippen molar-refractivity contribution in [1.29, 1.82) is 5.26 Å². The second kappa shape index (κ2) is 6.11. The Morgan fingerprint density at radius 3 is 2.83 bits per heavy atom. The van der Waals surface area contributed by atoms with Gasteiger partial charge in [-0.25, -0.2) is 15.0 Å². The fourth-order valence-electron chi connectivity index (χ4n) is 2.90. The molecule has 0 radical (unpaired) electrons. The molecule has 1 N–H and O–H groups in total. The Balaban J connectivity index is 1.76. The Morgan fingerprint density at radius 1 is 1.25 bits per heavy atom. The summed E-state index contributed by atoms with van der Waals surface area (Å²) >= 11 is 1.34. The maximum atomic E-state index is 9.09. The lowest BCUT2D eigenvalue weighted by atomic mass is 9.97. The van der Waals surface area contributed by atoms with Crippen molar-refractivity contribution in [2.75, 3.05) is 31.1 Å². The van der Waals surface area contributed by atoms with Gasteiger partial charge in [0.05, 0.1) is 11.9 Å². The van der Waals surface area contributed by atoms with Crippen LogP contribution in [0.2, 0.25) is 0 Å². The molecule has 0 aliphatic carbocycles. The van der Waals surface area contributed by atoms with E-state index < -0.39 is 5.54 Å². The van der Waals surface area contributed by atoms with E-state index in [0.29, 0.717) is 4.88 Å². The molecular formula is C16H15N7S. The van der Waals surface area contributed by atoms with Crippen LogP contribution in [0.5, 0.6) is 0 Å². The maximum absolute atomic E-state index is 9.09. The van der Waals surface area contributed by atoms with Gasteiger partial charge < -0.3 is 10.2 Å². The van der Waals surface area contributed by atoms with E-state index in [9.17, 15) is 0 Å². The van der Waals surface area contributed by atoms with E-state index in [0.717, 1.165) is 42.7 Å². The van der Waals surface area contributed by atoms with Gasteiger partial charge in [0, 0.05) is 38.5 Å². The van der Waals surface area contributed by atoms with Crippen LogP contribution in [0, 0.1) is 11.3 Å². The minimum atomic E-state index is -0.758. The van der Waals surface area contributed by atoms with Crippen molar-refractivity contribution in [1.82, 2.24) is 20.3 Å². The Morgan fingerprint density at radius 2 is 2.12 bits per heavy atom. The molecule has 4 heterocycles. The molecule has 2 aromatic rings. The lowest BCUT2D eigenvalue weighted by molar-refractivity contribution is 0.582. The fourth-order valence-corrected chi connectivity index (χ4v) is 3.74. The molecule has 1 atom stereocenters. The highest BCUT2D eigenvalue weighted by Gasteiger charge is 2.38. The van der Waals surface area contributed by atoms with Crippen LogP contribution in [0.15, 0.2) is 35.7 Å². The number of allylic oxidation sites excluding steroid dienone is 1. The zero-order valence-electron chi connectivity index (χ0n) is 12.9. The van der Waals surface area contributed by atoms with E-state index in [4.69, 9.17) is 5.26 Å². The van der Waals surface area contributed by atoms with Crippen LogP contribution in [-0.2, 0) is 5.54 Å². The van der Waals surface area contributed by atoms with Gasteiger partial charge in [0.1, 0.15) is 28.1 Å². The van der Waals surface area contributed by atoms with Gasteiger partial charge in [0.25, 0.3) is 0 Å². The van der Waals surface area contributed by atoms with Crippen LogP contribution >= 0.6 is 11.3 Å². The van der Waals surface area contributed by atoms with E-state index >= 15 is 0 Å². The Labute approximate surface area is 143 Å². The summed E-state index contributed by atoms with van der Waals surface area (Å²) in [5, 5.41) is 13.2. The molecule has 1 unspecified atom stereocenters. The van der Waals surface area contributed by atoms with Crippen molar-refractivity contribution in [3.05, 3.63) is 46.3 Å². The highest BCUT2D eigenvalue weighted by Crippen LogP contribution is 2.39. The average molecular weight is 337 g/mol. The fraction of sp³-hybridized carbons (Fsp3) is 0.312. The highest BCUT2D eigenvalue weighted by molar-refractivity contribution is 7.12. The molecule has 120 valence electrons. The molecule has 0 bridgehead atoms. The predicted molar refractivity (Wildman–Crippen MR) is 92.4 cm³/mol. The van der Waals surface area contributed by atoms with Crippen molar-refractivity contribution in [2.45, 2.75) is 5.54 Å². The zero-order chi connectivity index (χ0) is 16.4. The number of hydrogen-bond acceptors (Lipinski definition) is 8. The van der Waals surface area contributed by atoms with Crippen LogP contribution in [0.3, 0.4) is 0 Å². The monoisotopic (exact) mass is 337 g/mol. The molecule has 4 rings (SSSR count). The standard InChI is InChI=1S/C16H15N7S/c17-9-12-10-19-15(24-12)16(2-1-3-22-16)13-8-14(21-11-20-13)23-6-4-18-5-7-23/h1-3,8,10-11,18H,4-7H2. The molecule has 1 fully saturated rings. The van der Waals surface area contributed by atoms with Crippen LogP contribution < -0.4 is 10.2 Å². The molecule has 0 amide bonds. The molecule has 2 aromatic heterocycles. The van der Waals surface area contributed by atoms with Crippen LogP contribution in [0.4, 0.5) is 5.82 Å². The number of nitrogens with zero attached hydrogens (tertiary/aromatic N) is 6. The van der Waals surface area contributed by atoms with Crippen molar-refractivity contribution >= 4 is 23.4 Å². The van der Waals surface area contributed by atoms with E-state index in [1.807, 2.05) is 18.2 Å². The minimum absolute atomic E-state index is 0.566. The summed E-state index contributed by atoms with van der Waals surface area (Å²) in [6.45, 7) is 3.72. The normalized spacial score (nSPS) is 22.7. The third-order valence-corrected chi connectivity index (χ3v) is 5.15. The van der Waals surface area contributed by atoms with Crippen molar-refractivity contribution < 1.29 is 0 Å². The van der Waals surface area contributed by atoms with E-state index in [2.05, 4.69) is 36.2 Å². The molecule has 0 spiro atoms. The Bertz CT molecular complexity index is 830. The molecule has 2 aliphatic heterocycles. The predicted octanol–water partition coefficient (Wildman–Crippen LogP) is 1.10. The summed E-state index contributed by atoms with van der Waals surface area (Å²) < 4.78 is 0. The van der Waals surface area contributed by atoms with Gasteiger partial charge in [-0.05, 0) is 12.2 Å². The van der Waals surface area contributed by atoms with Gasteiger partial charge >= 0.3 is 0 Å². The first kappa shape index (κ1) is 14.9. The Kier molecular flexibility index (Phi) is 3.80. The molecule has 24 heavy (non-hydrogen) atoms. The van der Waals surface area contributed by atoms with Crippen molar-refractivity contribution in [2.24, 2.45) is 4.99 Å². The van der Waals surface area contributed by atoms with Crippen LogP contribution in [-0.4, -0.2) is 47.3 Å². The minimum Gasteiger partial charge on any atom is -0.354 e. The smallest absolute Gasteiger partial charge is 0.172 e. The topological polar surface area (TPSA) is 90.1 Å².